The molecular weight excluding hydrogens is 408 g/mol. The molecule has 2 heterocycles. The molecule has 1 saturated carbocycles. The van der Waals surface area contributed by atoms with E-state index >= 15 is 4.39 Å². The van der Waals surface area contributed by atoms with Gasteiger partial charge in [0.05, 0.1) is 0 Å². The van der Waals surface area contributed by atoms with Crippen LogP contribution in [0.3, 0.4) is 0 Å². The van der Waals surface area contributed by atoms with Gasteiger partial charge < -0.3 is 0 Å². The highest BCUT2D eigenvalue weighted by Gasteiger charge is 2.39. The van der Waals surface area contributed by atoms with E-state index in [1.165, 1.54) is 12.3 Å². The number of halogens is 4. The number of nitrogens with one attached hydrogen (secondary N) is 2. The first-order chi connectivity index (χ1) is 14.7. The second-order valence-electron chi connectivity index (χ2n) is 8.63. The fraction of sp³-hybridized carbons (Fsp3) is 0.478. The number of nitrogens with zero attached hydrogens (tertiary/aromatic N) is 2. The first-order valence-electron chi connectivity index (χ1n) is 10.6. The maximum atomic E-state index is 15.3. The Balaban J connectivity index is 1.52. The first kappa shape index (κ1) is 21.7. The van der Waals surface area contributed by atoms with Crippen LogP contribution in [0.1, 0.15) is 48.8 Å². The Labute approximate surface area is 178 Å². The van der Waals surface area contributed by atoms with Gasteiger partial charge in [0.2, 0.25) is 0 Å². The zero-order chi connectivity index (χ0) is 22.2. The second kappa shape index (κ2) is 8.22. The average molecular weight is 434 g/mol. The Hall–Kier alpha value is -2.48. The van der Waals surface area contributed by atoms with Crippen molar-refractivity contribution in [2.24, 2.45) is 5.92 Å². The molecule has 0 atom stereocenters. The molecule has 8 heteroatoms. The summed E-state index contributed by atoms with van der Waals surface area (Å²) in [6.45, 7) is 0.674. The Bertz CT molecular complexity index is 1000. The van der Waals surface area contributed by atoms with Crippen LogP contribution < -0.4 is 5.49 Å². The monoisotopic (exact) mass is 434 g/mol. The number of rotatable bonds is 5. The topological polar surface area (TPSA) is 55.9 Å². The van der Waals surface area contributed by atoms with Crippen LogP contribution in [0, 0.1) is 16.7 Å². The lowest BCUT2D eigenvalue weighted by Gasteiger charge is -2.37. The van der Waals surface area contributed by atoms with E-state index in [9.17, 15) is 13.2 Å². The van der Waals surface area contributed by atoms with Crippen LogP contribution in [0.2, 0.25) is 0 Å². The summed E-state index contributed by atoms with van der Waals surface area (Å²) in [5.74, 6) is 0.361. The lowest BCUT2D eigenvalue weighted by molar-refractivity contribution is -0.140. The summed E-state index contributed by atoms with van der Waals surface area (Å²) in [7, 11) is 0. The van der Waals surface area contributed by atoms with E-state index in [1.807, 2.05) is 11.0 Å². The molecule has 0 radical (unpaired) electrons. The fourth-order valence-corrected chi connectivity index (χ4v) is 4.29. The molecule has 1 saturated heterocycles. The molecule has 2 N–H and O–H groups in total. The summed E-state index contributed by atoms with van der Waals surface area (Å²) >= 11 is 0. The minimum Gasteiger partial charge on any atom is -0.299 e. The van der Waals surface area contributed by atoms with E-state index < -0.39 is 22.9 Å². The summed E-state index contributed by atoms with van der Waals surface area (Å²) in [5, 5.41) is 16.3. The predicted molar refractivity (Wildman–Crippen MR) is 109 cm³/mol. The van der Waals surface area contributed by atoms with Crippen molar-refractivity contribution in [3.05, 3.63) is 64.8 Å². The van der Waals surface area contributed by atoms with Gasteiger partial charge in [-0.15, -0.1) is 0 Å². The molecule has 1 aromatic heterocycles. The van der Waals surface area contributed by atoms with Gasteiger partial charge >= 0.3 is 6.18 Å². The molecule has 0 bridgehead atoms. The molecule has 4 rings (SSSR count). The highest BCUT2D eigenvalue weighted by Crippen LogP contribution is 2.38. The fourth-order valence-electron chi connectivity index (χ4n) is 4.29. The zero-order valence-electron chi connectivity index (χ0n) is 17.2. The van der Waals surface area contributed by atoms with E-state index in [-0.39, 0.29) is 30.8 Å². The predicted octanol–water partition coefficient (Wildman–Crippen LogP) is 5.07. The van der Waals surface area contributed by atoms with Crippen molar-refractivity contribution >= 4 is 5.84 Å². The molecular formula is C23H26F4N4. The number of alkyl halides is 4. The Morgan fingerprint density at radius 2 is 1.71 bits per heavy atom. The van der Waals surface area contributed by atoms with E-state index in [4.69, 9.17) is 10.8 Å². The van der Waals surface area contributed by atoms with E-state index in [2.05, 4.69) is 0 Å². The van der Waals surface area contributed by atoms with Crippen LogP contribution in [0.4, 0.5) is 17.6 Å². The van der Waals surface area contributed by atoms with Gasteiger partial charge in [0, 0.05) is 32.3 Å². The van der Waals surface area contributed by atoms with Gasteiger partial charge in [0.15, 0.2) is 0 Å². The summed E-state index contributed by atoms with van der Waals surface area (Å²) in [6.07, 6.45) is -0.528. The van der Waals surface area contributed by atoms with E-state index in [0.717, 1.165) is 17.4 Å². The standard InChI is InChI=1S/C23H26F4N4/c24-22(18-4-2-1-3-5-18)9-12-30(13-10-22)15-17-8-11-31(19(28)14-16-6-7-16)21(29)20(17)23(25,26)27/h1-5,8,11,16,28-29H,6-7,9-10,12-15H2. The minimum absolute atomic E-state index is 0.000888. The van der Waals surface area contributed by atoms with Crippen molar-refractivity contribution in [2.45, 2.75) is 50.5 Å². The number of likely N-dealkylation sites (tertiary alicyclic amines) is 1. The van der Waals surface area contributed by atoms with Crippen molar-refractivity contribution in [2.75, 3.05) is 13.1 Å². The number of piperidine rings is 1. The van der Waals surface area contributed by atoms with Crippen molar-refractivity contribution in [1.29, 1.82) is 10.8 Å². The molecule has 2 aromatic rings. The Morgan fingerprint density at radius 1 is 1.06 bits per heavy atom. The molecule has 166 valence electrons. The highest BCUT2D eigenvalue weighted by atomic mass is 19.4. The number of hydrogen-bond acceptors (Lipinski definition) is 3. The molecule has 1 aliphatic heterocycles. The van der Waals surface area contributed by atoms with Crippen LogP contribution in [0.15, 0.2) is 42.6 Å². The molecule has 1 aliphatic carbocycles. The highest BCUT2D eigenvalue weighted by molar-refractivity contribution is 5.81. The Kier molecular flexibility index (Phi) is 5.77. The van der Waals surface area contributed by atoms with E-state index in [1.54, 1.807) is 24.3 Å². The van der Waals surface area contributed by atoms with Gasteiger partial charge in [0.1, 0.15) is 22.6 Å². The summed E-state index contributed by atoms with van der Waals surface area (Å²) in [4.78, 5) is 1.81. The zero-order valence-corrected chi connectivity index (χ0v) is 17.2. The van der Waals surface area contributed by atoms with Gasteiger partial charge in [-0.25, -0.2) is 4.39 Å². The van der Waals surface area contributed by atoms with Crippen LogP contribution in [0.25, 0.3) is 0 Å². The number of hydrogen-bond donors (Lipinski definition) is 2. The normalized spacial score (nSPS) is 19.4. The third-order valence-electron chi connectivity index (χ3n) is 6.31. The molecule has 2 aliphatic rings. The summed E-state index contributed by atoms with van der Waals surface area (Å²) < 4.78 is 57.9. The van der Waals surface area contributed by atoms with Crippen LogP contribution in [0.5, 0.6) is 0 Å². The molecule has 4 nitrogen and oxygen atoms in total. The maximum absolute atomic E-state index is 15.3. The van der Waals surface area contributed by atoms with Crippen molar-refractivity contribution < 1.29 is 17.6 Å². The van der Waals surface area contributed by atoms with Gasteiger partial charge in [-0.3, -0.25) is 20.3 Å². The summed E-state index contributed by atoms with van der Waals surface area (Å²) in [5.41, 5.74) is -2.57. The molecule has 31 heavy (non-hydrogen) atoms. The quantitative estimate of drug-likeness (QED) is 0.385. The lowest BCUT2D eigenvalue weighted by atomic mass is 9.86. The number of benzene rings is 1. The van der Waals surface area contributed by atoms with Crippen molar-refractivity contribution in [1.82, 2.24) is 9.47 Å². The van der Waals surface area contributed by atoms with Crippen LogP contribution in [-0.2, 0) is 18.4 Å². The molecule has 0 amide bonds. The maximum Gasteiger partial charge on any atom is 0.420 e. The van der Waals surface area contributed by atoms with Gasteiger partial charge in [-0.05, 0) is 48.8 Å². The van der Waals surface area contributed by atoms with Gasteiger partial charge in [-0.1, -0.05) is 30.3 Å². The SMILES string of the molecule is N=C(CC1CC1)n1ccc(CN2CCC(F)(c3ccccc3)CC2)c(C(F)(F)F)c1=N. The Morgan fingerprint density at radius 3 is 2.29 bits per heavy atom. The van der Waals surface area contributed by atoms with Gasteiger partial charge in [-0.2, -0.15) is 13.2 Å². The smallest absolute Gasteiger partial charge is 0.299 e. The average Bonchev–Trinajstić information content (AvgIpc) is 3.53. The molecule has 0 unspecified atom stereocenters. The van der Waals surface area contributed by atoms with Crippen LogP contribution in [-0.4, -0.2) is 28.4 Å². The largest absolute Gasteiger partial charge is 0.420 e. The number of pyridine rings is 1. The van der Waals surface area contributed by atoms with Gasteiger partial charge in [0.25, 0.3) is 0 Å². The third-order valence-corrected chi connectivity index (χ3v) is 6.31. The molecule has 2 fully saturated rings. The minimum atomic E-state index is -4.70. The molecule has 0 spiro atoms. The van der Waals surface area contributed by atoms with Crippen LogP contribution >= 0.6 is 0 Å². The van der Waals surface area contributed by atoms with Crippen molar-refractivity contribution in [3.8, 4) is 0 Å². The van der Waals surface area contributed by atoms with E-state index in [0.29, 0.717) is 31.0 Å². The first-order valence-corrected chi connectivity index (χ1v) is 10.6. The molecule has 1 aromatic carbocycles. The third kappa shape index (κ3) is 4.74. The van der Waals surface area contributed by atoms with Crippen molar-refractivity contribution in [3.63, 3.8) is 0 Å². The lowest BCUT2D eigenvalue weighted by Crippen LogP contribution is -2.41. The second-order valence-corrected chi connectivity index (χ2v) is 8.63. The number of aromatic nitrogens is 1. The summed E-state index contributed by atoms with van der Waals surface area (Å²) in [6, 6.07) is 10.2.